The van der Waals surface area contributed by atoms with E-state index in [-0.39, 0.29) is 16.6 Å². The maximum absolute atomic E-state index is 12.5. The summed E-state index contributed by atoms with van der Waals surface area (Å²) in [6.45, 7) is 2.11. The molecule has 0 unspecified atom stereocenters. The van der Waals surface area contributed by atoms with Crippen molar-refractivity contribution in [3.8, 4) is 0 Å². The first-order valence-electron chi connectivity index (χ1n) is 7.91. The van der Waals surface area contributed by atoms with E-state index in [0.29, 0.717) is 29.9 Å². The van der Waals surface area contributed by atoms with Gasteiger partial charge in [-0.25, -0.2) is 8.42 Å². The number of nitrogens with one attached hydrogen (secondary N) is 1. The second kappa shape index (κ2) is 6.68. The van der Waals surface area contributed by atoms with Gasteiger partial charge in [-0.2, -0.15) is 0 Å². The number of nitrogens with zero attached hydrogens (tertiary/aromatic N) is 1. The topological polar surface area (TPSA) is 83.6 Å². The number of hydrogen-bond donors (Lipinski definition) is 1. The van der Waals surface area contributed by atoms with Gasteiger partial charge in [-0.3, -0.25) is 14.3 Å². The van der Waals surface area contributed by atoms with Gasteiger partial charge in [-0.15, -0.1) is 0 Å². The molecule has 0 bridgehead atoms. The van der Waals surface area contributed by atoms with Crippen LogP contribution in [0.5, 0.6) is 0 Å². The summed E-state index contributed by atoms with van der Waals surface area (Å²) in [5, 5.41) is 0. The minimum absolute atomic E-state index is 0.0549. The monoisotopic (exact) mass is 358 g/mol. The van der Waals surface area contributed by atoms with Crippen LogP contribution in [0.15, 0.2) is 53.4 Å². The van der Waals surface area contributed by atoms with Gasteiger partial charge >= 0.3 is 0 Å². The normalized spacial score (nSPS) is 14.6. The molecule has 0 saturated carbocycles. The average molecular weight is 358 g/mol. The van der Waals surface area contributed by atoms with E-state index in [1.165, 1.54) is 19.1 Å². The summed E-state index contributed by atoms with van der Waals surface area (Å²) in [4.78, 5) is 24.8. The fourth-order valence-corrected chi connectivity index (χ4v) is 3.77. The summed E-state index contributed by atoms with van der Waals surface area (Å²) in [7, 11) is -3.74. The average Bonchev–Trinajstić information content (AvgIpc) is 3.01. The van der Waals surface area contributed by atoms with Crippen molar-refractivity contribution < 1.29 is 18.0 Å². The van der Waals surface area contributed by atoms with Crippen LogP contribution in [0, 0.1) is 0 Å². The lowest BCUT2D eigenvalue weighted by atomic mass is 10.1. The molecule has 0 aromatic heterocycles. The van der Waals surface area contributed by atoms with Crippen LogP contribution in [0.4, 0.5) is 11.4 Å². The van der Waals surface area contributed by atoms with Crippen LogP contribution < -0.4 is 9.62 Å². The maximum Gasteiger partial charge on any atom is 0.261 e. The predicted molar refractivity (Wildman–Crippen MR) is 95.3 cm³/mol. The number of anilines is 2. The molecule has 0 atom stereocenters. The summed E-state index contributed by atoms with van der Waals surface area (Å²) < 4.78 is 27.4. The Morgan fingerprint density at radius 1 is 1.04 bits per heavy atom. The minimum atomic E-state index is -3.74. The molecule has 1 fully saturated rings. The highest BCUT2D eigenvalue weighted by atomic mass is 32.2. The Kier molecular flexibility index (Phi) is 4.59. The fourth-order valence-electron chi connectivity index (χ4n) is 2.71. The Labute approximate surface area is 146 Å². The Morgan fingerprint density at radius 2 is 1.68 bits per heavy atom. The molecule has 130 valence electrons. The molecule has 1 amide bonds. The maximum atomic E-state index is 12.5. The van der Waals surface area contributed by atoms with E-state index in [9.17, 15) is 18.0 Å². The molecule has 1 aliphatic heterocycles. The Bertz CT molecular complexity index is 903. The number of carbonyl (C=O) groups excluding carboxylic acids is 2. The molecule has 6 nitrogen and oxygen atoms in total. The van der Waals surface area contributed by atoms with Crippen molar-refractivity contribution in [2.24, 2.45) is 0 Å². The van der Waals surface area contributed by atoms with E-state index >= 15 is 0 Å². The standard InChI is InChI=1S/C18H18N2O4S/c1-13(21)14-4-6-15(7-5-14)19-25(23,24)17-10-8-16(9-11-17)20-12-2-3-18(20)22/h4-11,19H,2-3,12H2,1H3. The van der Waals surface area contributed by atoms with E-state index in [1.807, 2.05) is 0 Å². The number of sulfonamides is 1. The van der Waals surface area contributed by atoms with E-state index in [4.69, 9.17) is 0 Å². The van der Waals surface area contributed by atoms with E-state index in [2.05, 4.69) is 4.72 Å². The lowest BCUT2D eigenvalue weighted by molar-refractivity contribution is -0.117. The van der Waals surface area contributed by atoms with Crippen molar-refractivity contribution in [2.45, 2.75) is 24.7 Å². The van der Waals surface area contributed by atoms with Gasteiger partial charge in [0, 0.05) is 29.9 Å². The number of carbonyl (C=O) groups is 2. The van der Waals surface area contributed by atoms with Gasteiger partial charge in [0.2, 0.25) is 5.91 Å². The van der Waals surface area contributed by atoms with Crippen molar-refractivity contribution >= 4 is 33.1 Å². The second-order valence-corrected chi connectivity index (χ2v) is 7.56. The van der Waals surface area contributed by atoms with Gasteiger partial charge in [0.15, 0.2) is 5.78 Å². The summed E-state index contributed by atoms with van der Waals surface area (Å²) in [5.41, 5.74) is 1.60. The van der Waals surface area contributed by atoms with Crippen molar-refractivity contribution in [1.29, 1.82) is 0 Å². The number of hydrogen-bond acceptors (Lipinski definition) is 4. The zero-order valence-electron chi connectivity index (χ0n) is 13.7. The van der Waals surface area contributed by atoms with Gasteiger partial charge < -0.3 is 4.90 Å². The van der Waals surface area contributed by atoms with E-state index in [0.717, 1.165) is 6.42 Å². The molecule has 0 aliphatic carbocycles. The number of ketones is 1. The molecule has 7 heteroatoms. The molecular formula is C18H18N2O4S. The van der Waals surface area contributed by atoms with Crippen LogP contribution in [-0.4, -0.2) is 26.7 Å². The van der Waals surface area contributed by atoms with Crippen molar-refractivity contribution in [1.82, 2.24) is 0 Å². The first-order chi connectivity index (χ1) is 11.9. The van der Waals surface area contributed by atoms with Crippen LogP contribution in [-0.2, 0) is 14.8 Å². The quantitative estimate of drug-likeness (QED) is 0.833. The van der Waals surface area contributed by atoms with Crippen LogP contribution in [0.1, 0.15) is 30.1 Å². The zero-order valence-corrected chi connectivity index (χ0v) is 14.5. The molecule has 1 saturated heterocycles. The van der Waals surface area contributed by atoms with Crippen molar-refractivity contribution in [3.05, 3.63) is 54.1 Å². The van der Waals surface area contributed by atoms with E-state index < -0.39 is 10.0 Å². The highest BCUT2D eigenvalue weighted by molar-refractivity contribution is 7.92. The molecular weight excluding hydrogens is 340 g/mol. The van der Waals surface area contributed by atoms with Crippen LogP contribution in [0.2, 0.25) is 0 Å². The van der Waals surface area contributed by atoms with Crippen molar-refractivity contribution in [2.75, 3.05) is 16.2 Å². The Balaban J connectivity index is 1.77. The largest absolute Gasteiger partial charge is 0.312 e. The SMILES string of the molecule is CC(=O)c1ccc(NS(=O)(=O)c2ccc(N3CCCC3=O)cc2)cc1. The molecule has 2 aromatic carbocycles. The zero-order chi connectivity index (χ0) is 18.0. The predicted octanol–water partition coefficient (Wildman–Crippen LogP) is 2.82. The molecule has 1 N–H and O–H groups in total. The third kappa shape index (κ3) is 3.71. The first kappa shape index (κ1) is 17.2. The van der Waals surface area contributed by atoms with Gasteiger partial charge in [0.05, 0.1) is 4.90 Å². The number of Topliss-reactive ketones (excluding diaryl/α,β-unsaturated/α-hetero) is 1. The summed E-state index contributed by atoms with van der Waals surface area (Å²) in [6.07, 6.45) is 1.34. The Morgan fingerprint density at radius 3 is 2.20 bits per heavy atom. The molecule has 0 radical (unpaired) electrons. The van der Waals surface area contributed by atoms with Crippen LogP contribution >= 0.6 is 0 Å². The van der Waals surface area contributed by atoms with Gasteiger partial charge in [-0.1, -0.05) is 0 Å². The molecule has 3 rings (SSSR count). The lowest BCUT2D eigenvalue weighted by Crippen LogP contribution is -2.23. The highest BCUT2D eigenvalue weighted by Crippen LogP contribution is 2.24. The minimum Gasteiger partial charge on any atom is -0.312 e. The molecule has 0 spiro atoms. The van der Waals surface area contributed by atoms with Gasteiger partial charge in [0.25, 0.3) is 10.0 Å². The first-order valence-corrected chi connectivity index (χ1v) is 9.39. The van der Waals surface area contributed by atoms with Gasteiger partial charge in [-0.05, 0) is 61.9 Å². The summed E-state index contributed by atoms with van der Waals surface area (Å²) >= 11 is 0. The smallest absolute Gasteiger partial charge is 0.261 e. The molecule has 1 aliphatic rings. The summed E-state index contributed by atoms with van der Waals surface area (Å²) in [6, 6.07) is 12.5. The highest BCUT2D eigenvalue weighted by Gasteiger charge is 2.22. The van der Waals surface area contributed by atoms with E-state index in [1.54, 1.807) is 41.3 Å². The molecule has 2 aromatic rings. The Hall–Kier alpha value is -2.67. The van der Waals surface area contributed by atoms with Crippen LogP contribution in [0.3, 0.4) is 0 Å². The lowest BCUT2D eigenvalue weighted by Gasteiger charge is -2.16. The third-order valence-corrected chi connectivity index (χ3v) is 5.47. The second-order valence-electron chi connectivity index (χ2n) is 5.88. The number of benzene rings is 2. The van der Waals surface area contributed by atoms with Crippen LogP contribution in [0.25, 0.3) is 0 Å². The summed E-state index contributed by atoms with van der Waals surface area (Å²) in [5.74, 6) is -0.0271. The number of rotatable bonds is 5. The number of amides is 1. The molecule has 1 heterocycles. The van der Waals surface area contributed by atoms with Gasteiger partial charge in [0.1, 0.15) is 0 Å². The molecule has 25 heavy (non-hydrogen) atoms. The third-order valence-electron chi connectivity index (χ3n) is 4.08. The van der Waals surface area contributed by atoms with Crippen molar-refractivity contribution in [3.63, 3.8) is 0 Å². The fraction of sp³-hybridized carbons (Fsp3) is 0.222.